The van der Waals surface area contributed by atoms with Gasteiger partial charge in [0.1, 0.15) is 5.75 Å². The number of hydrogen-bond donors (Lipinski definition) is 0. The van der Waals surface area contributed by atoms with Crippen LogP contribution in [0.3, 0.4) is 0 Å². The Morgan fingerprint density at radius 1 is 0.944 bits per heavy atom. The molecular formula is C16H25ClO. The first-order chi connectivity index (χ1) is 8.88. The topological polar surface area (TPSA) is 9.23 Å². The first-order valence-electron chi connectivity index (χ1n) is 7.15. The van der Waals surface area contributed by atoms with Crippen molar-refractivity contribution in [2.45, 2.75) is 57.7 Å². The van der Waals surface area contributed by atoms with Gasteiger partial charge >= 0.3 is 0 Å². The Balaban J connectivity index is 2.07. The van der Waals surface area contributed by atoms with Gasteiger partial charge < -0.3 is 4.74 Å². The van der Waals surface area contributed by atoms with E-state index < -0.39 is 0 Å². The van der Waals surface area contributed by atoms with Gasteiger partial charge in [0, 0.05) is 5.56 Å². The predicted octanol–water partition coefficient (Wildman–Crippen LogP) is 5.55. The third-order valence-electron chi connectivity index (χ3n) is 3.12. The molecule has 0 bridgehead atoms. The molecule has 0 N–H and O–H groups in total. The standard InChI is InChI=1S/C16H25ClO/c1-2-3-4-5-6-7-10-13-18-16-12-9-8-11-15(16)14-17/h8-9,11-12H,2-7,10,13-14H2,1H3. The van der Waals surface area contributed by atoms with Crippen molar-refractivity contribution in [2.24, 2.45) is 0 Å². The Kier molecular flexibility index (Phi) is 8.75. The highest BCUT2D eigenvalue weighted by molar-refractivity contribution is 6.17. The lowest BCUT2D eigenvalue weighted by atomic mass is 10.1. The molecule has 18 heavy (non-hydrogen) atoms. The fraction of sp³-hybridized carbons (Fsp3) is 0.625. The maximum absolute atomic E-state index is 5.86. The van der Waals surface area contributed by atoms with E-state index in [1.165, 1.54) is 38.5 Å². The number of ether oxygens (including phenoxy) is 1. The van der Waals surface area contributed by atoms with Crippen molar-refractivity contribution in [3.05, 3.63) is 29.8 Å². The molecule has 0 heterocycles. The zero-order chi connectivity index (χ0) is 13.1. The van der Waals surface area contributed by atoms with Crippen LogP contribution >= 0.6 is 11.6 Å². The van der Waals surface area contributed by atoms with Gasteiger partial charge in [-0.3, -0.25) is 0 Å². The first-order valence-corrected chi connectivity index (χ1v) is 7.68. The summed E-state index contributed by atoms with van der Waals surface area (Å²) < 4.78 is 5.77. The maximum atomic E-state index is 5.86. The van der Waals surface area contributed by atoms with E-state index in [4.69, 9.17) is 16.3 Å². The van der Waals surface area contributed by atoms with E-state index in [2.05, 4.69) is 6.92 Å². The molecule has 1 aromatic rings. The lowest BCUT2D eigenvalue weighted by Gasteiger charge is -2.09. The summed E-state index contributed by atoms with van der Waals surface area (Å²) >= 11 is 5.86. The minimum Gasteiger partial charge on any atom is -0.493 e. The van der Waals surface area contributed by atoms with Crippen LogP contribution in [0.4, 0.5) is 0 Å². The lowest BCUT2D eigenvalue weighted by molar-refractivity contribution is 0.302. The van der Waals surface area contributed by atoms with Gasteiger partial charge in [-0.2, -0.15) is 0 Å². The largest absolute Gasteiger partial charge is 0.493 e. The van der Waals surface area contributed by atoms with Gasteiger partial charge in [-0.15, -0.1) is 11.6 Å². The summed E-state index contributed by atoms with van der Waals surface area (Å²) in [5.74, 6) is 1.46. The van der Waals surface area contributed by atoms with E-state index in [1.54, 1.807) is 0 Å². The average molecular weight is 269 g/mol. The van der Waals surface area contributed by atoms with Crippen molar-refractivity contribution < 1.29 is 4.74 Å². The summed E-state index contributed by atoms with van der Waals surface area (Å²) in [6.45, 7) is 3.06. The molecule has 0 amide bonds. The molecule has 0 radical (unpaired) electrons. The summed E-state index contributed by atoms with van der Waals surface area (Å²) in [5, 5.41) is 0. The summed E-state index contributed by atoms with van der Waals surface area (Å²) in [6.07, 6.45) is 9.19. The highest BCUT2D eigenvalue weighted by Gasteiger charge is 2.00. The number of para-hydroxylation sites is 1. The number of hydrogen-bond acceptors (Lipinski definition) is 1. The van der Waals surface area contributed by atoms with Crippen LogP contribution in [0.1, 0.15) is 57.4 Å². The van der Waals surface area contributed by atoms with Gasteiger partial charge in [0.25, 0.3) is 0 Å². The Morgan fingerprint density at radius 2 is 1.61 bits per heavy atom. The fourth-order valence-corrected chi connectivity index (χ4v) is 2.22. The molecule has 102 valence electrons. The molecule has 0 fully saturated rings. The average Bonchev–Trinajstić information content (AvgIpc) is 2.42. The summed E-state index contributed by atoms with van der Waals surface area (Å²) in [5.41, 5.74) is 1.09. The summed E-state index contributed by atoms with van der Waals surface area (Å²) in [6, 6.07) is 8.01. The van der Waals surface area contributed by atoms with Gasteiger partial charge in [-0.05, 0) is 12.5 Å². The van der Waals surface area contributed by atoms with Crippen LogP contribution in [-0.4, -0.2) is 6.61 Å². The van der Waals surface area contributed by atoms with Crippen LogP contribution in [0.5, 0.6) is 5.75 Å². The molecule has 0 spiro atoms. The van der Waals surface area contributed by atoms with Crippen LogP contribution in [0.2, 0.25) is 0 Å². The molecule has 0 saturated heterocycles. The van der Waals surface area contributed by atoms with Gasteiger partial charge in [0.05, 0.1) is 12.5 Å². The molecule has 0 aliphatic heterocycles. The zero-order valence-corrected chi connectivity index (χ0v) is 12.2. The van der Waals surface area contributed by atoms with Crippen molar-refractivity contribution in [3.8, 4) is 5.75 Å². The molecule has 1 nitrogen and oxygen atoms in total. The molecule has 0 atom stereocenters. The SMILES string of the molecule is CCCCCCCCCOc1ccccc1CCl. The number of halogens is 1. The molecule has 0 aromatic heterocycles. The van der Waals surface area contributed by atoms with Gasteiger partial charge in [-0.1, -0.05) is 63.6 Å². The molecular weight excluding hydrogens is 244 g/mol. The molecule has 2 heteroatoms. The van der Waals surface area contributed by atoms with E-state index in [1.807, 2.05) is 24.3 Å². The smallest absolute Gasteiger partial charge is 0.123 e. The minimum atomic E-state index is 0.521. The molecule has 1 aromatic carbocycles. The molecule has 0 unspecified atom stereocenters. The van der Waals surface area contributed by atoms with Gasteiger partial charge in [-0.25, -0.2) is 0 Å². The second kappa shape index (κ2) is 10.3. The van der Waals surface area contributed by atoms with Crippen molar-refractivity contribution >= 4 is 11.6 Å². The molecule has 0 aliphatic rings. The van der Waals surface area contributed by atoms with Crippen LogP contribution in [0.15, 0.2) is 24.3 Å². The second-order valence-electron chi connectivity index (χ2n) is 4.71. The predicted molar refractivity (Wildman–Crippen MR) is 79.5 cm³/mol. The Labute approximate surface area is 116 Å². The van der Waals surface area contributed by atoms with Crippen molar-refractivity contribution in [1.82, 2.24) is 0 Å². The van der Waals surface area contributed by atoms with Crippen molar-refractivity contribution in [2.75, 3.05) is 6.61 Å². The van der Waals surface area contributed by atoms with Crippen molar-refractivity contribution in [1.29, 1.82) is 0 Å². The molecule has 0 saturated carbocycles. The van der Waals surface area contributed by atoms with Crippen LogP contribution < -0.4 is 4.74 Å². The second-order valence-corrected chi connectivity index (χ2v) is 4.98. The van der Waals surface area contributed by atoms with Crippen LogP contribution in [0, 0.1) is 0 Å². The number of rotatable bonds is 10. The highest BCUT2D eigenvalue weighted by atomic mass is 35.5. The quantitative estimate of drug-likeness (QED) is 0.399. The number of unbranched alkanes of at least 4 members (excludes halogenated alkanes) is 6. The Bertz CT molecular complexity index is 312. The minimum absolute atomic E-state index is 0.521. The third kappa shape index (κ3) is 6.30. The molecule has 0 aliphatic carbocycles. The van der Waals surface area contributed by atoms with E-state index >= 15 is 0 Å². The lowest BCUT2D eigenvalue weighted by Crippen LogP contribution is -1.99. The fourth-order valence-electron chi connectivity index (χ4n) is 2.00. The van der Waals surface area contributed by atoms with E-state index in [9.17, 15) is 0 Å². The van der Waals surface area contributed by atoms with Crippen LogP contribution in [-0.2, 0) is 5.88 Å². The van der Waals surface area contributed by atoms with Crippen LogP contribution in [0.25, 0.3) is 0 Å². The molecule has 1 rings (SSSR count). The zero-order valence-electron chi connectivity index (χ0n) is 11.5. The monoisotopic (exact) mass is 268 g/mol. The summed E-state index contributed by atoms with van der Waals surface area (Å²) in [7, 11) is 0. The Hall–Kier alpha value is -0.690. The number of benzene rings is 1. The normalized spacial score (nSPS) is 10.6. The van der Waals surface area contributed by atoms with E-state index in [0.717, 1.165) is 24.3 Å². The van der Waals surface area contributed by atoms with E-state index in [0.29, 0.717) is 5.88 Å². The van der Waals surface area contributed by atoms with Gasteiger partial charge in [0.15, 0.2) is 0 Å². The number of alkyl halides is 1. The van der Waals surface area contributed by atoms with Crippen molar-refractivity contribution in [3.63, 3.8) is 0 Å². The highest BCUT2D eigenvalue weighted by Crippen LogP contribution is 2.20. The Morgan fingerprint density at radius 3 is 2.33 bits per heavy atom. The third-order valence-corrected chi connectivity index (χ3v) is 3.41. The van der Waals surface area contributed by atoms with E-state index in [-0.39, 0.29) is 0 Å². The first kappa shape index (κ1) is 15.4. The van der Waals surface area contributed by atoms with Gasteiger partial charge in [0.2, 0.25) is 0 Å². The maximum Gasteiger partial charge on any atom is 0.123 e. The summed E-state index contributed by atoms with van der Waals surface area (Å²) in [4.78, 5) is 0.